The quantitative estimate of drug-likeness (QED) is 0.452. The van der Waals surface area contributed by atoms with Gasteiger partial charge in [-0.05, 0) is 66.1 Å². The van der Waals surface area contributed by atoms with Crippen LogP contribution >= 0.6 is 0 Å². The van der Waals surface area contributed by atoms with Gasteiger partial charge in [-0.15, -0.1) is 0 Å². The van der Waals surface area contributed by atoms with Crippen LogP contribution in [-0.4, -0.2) is 44.1 Å². The first-order valence-electron chi connectivity index (χ1n) is 11.0. The van der Waals surface area contributed by atoms with Gasteiger partial charge in [-0.25, -0.2) is 8.78 Å². The van der Waals surface area contributed by atoms with Gasteiger partial charge in [0.25, 0.3) is 0 Å². The summed E-state index contributed by atoms with van der Waals surface area (Å²) in [5.41, 5.74) is 2.56. The molecule has 3 aromatic rings. The Hall–Kier alpha value is -3.00. The Morgan fingerprint density at radius 3 is 2.09 bits per heavy atom. The lowest BCUT2D eigenvalue weighted by Gasteiger charge is -2.21. The lowest BCUT2D eigenvalue weighted by Crippen LogP contribution is -2.32. The predicted molar refractivity (Wildman–Crippen MR) is 121 cm³/mol. The molecule has 0 radical (unpaired) electrons. The minimum absolute atomic E-state index is 0.0659. The molecule has 4 rings (SSSR count). The van der Waals surface area contributed by atoms with Crippen LogP contribution in [0.15, 0.2) is 66.7 Å². The second-order valence-electron chi connectivity index (χ2n) is 7.90. The molecule has 7 heteroatoms. The predicted octanol–water partition coefficient (Wildman–Crippen LogP) is 4.04. The summed E-state index contributed by atoms with van der Waals surface area (Å²) in [5, 5.41) is 13.6. The summed E-state index contributed by atoms with van der Waals surface area (Å²) in [5.74, 6) is 0.833. The van der Waals surface area contributed by atoms with E-state index in [1.165, 1.54) is 24.3 Å². The van der Waals surface area contributed by atoms with Crippen molar-refractivity contribution in [3.8, 4) is 11.5 Å². The summed E-state index contributed by atoms with van der Waals surface area (Å²) in [6.07, 6.45) is -0.509. The molecule has 174 valence electrons. The normalized spacial score (nSPS) is 13.8. The van der Waals surface area contributed by atoms with Gasteiger partial charge in [0.15, 0.2) is 11.5 Å². The fourth-order valence-electron chi connectivity index (χ4n) is 3.67. The molecule has 0 saturated heterocycles. The van der Waals surface area contributed by atoms with Crippen molar-refractivity contribution < 1.29 is 28.1 Å². The van der Waals surface area contributed by atoms with Gasteiger partial charge in [-0.3, -0.25) is 0 Å². The molecule has 0 fully saturated rings. The maximum atomic E-state index is 13.3. The van der Waals surface area contributed by atoms with E-state index < -0.39 is 12.2 Å². The first kappa shape index (κ1) is 23.2. The van der Waals surface area contributed by atoms with E-state index in [0.29, 0.717) is 26.3 Å². The fraction of sp³-hybridized carbons (Fsp3) is 0.308. The summed E-state index contributed by atoms with van der Waals surface area (Å²) in [7, 11) is 0. The molecular weight excluding hydrogens is 428 g/mol. The van der Waals surface area contributed by atoms with Crippen molar-refractivity contribution in [2.75, 3.05) is 32.9 Å². The highest BCUT2D eigenvalue weighted by Crippen LogP contribution is 2.31. The summed E-state index contributed by atoms with van der Waals surface area (Å²) >= 11 is 0. The van der Waals surface area contributed by atoms with Crippen molar-refractivity contribution >= 4 is 0 Å². The van der Waals surface area contributed by atoms with Gasteiger partial charge in [0, 0.05) is 6.54 Å². The molecular formula is C26H27F2NO4. The second kappa shape index (κ2) is 11.2. The highest BCUT2D eigenvalue weighted by atomic mass is 19.1. The Bertz CT molecular complexity index is 982. The molecule has 0 aromatic heterocycles. The third-order valence-corrected chi connectivity index (χ3v) is 5.38. The fourth-order valence-corrected chi connectivity index (χ4v) is 3.67. The highest BCUT2D eigenvalue weighted by molar-refractivity contribution is 5.43. The summed E-state index contributed by atoms with van der Waals surface area (Å²) in [6.45, 7) is 2.21. The van der Waals surface area contributed by atoms with E-state index in [1.54, 1.807) is 24.3 Å². The molecule has 33 heavy (non-hydrogen) atoms. The summed E-state index contributed by atoms with van der Waals surface area (Å²) in [4.78, 5) is 0. The second-order valence-corrected chi connectivity index (χ2v) is 7.90. The molecule has 0 saturated carbocycles. The number of hydrogen-bond acceptors (Lipinski definition) is 5. The van der Waals surface area contributed by atoms with E-state index >= 15 is 0 Å². The number of rotatable bonds is 10. The van der Waals surface area contributed by atoms with Gasteiger partial charge in [-0.2, -0.15) is 0 Å². The molecule has 1 aliphatic rings. The van der Waals surface area contributed by atoms with Crippen LogP contribution < -0.4 is 14.8 Å². The maximum Gasteiger partial charge on any atom is 0.161 e. The third-order valence-electron chi connectivity index (χ3n) is 5.38. The van der Waals surface area contributed by atoms with Gasteiger partial charge < -0.3 is 24.6 Å². The van der Waals surface area contributed by atoms with E-state index in [9.17, 15) is 13.9 Å². The number of halogens is 2. The third kappa shape index (κ3) is 6.51. The van der Waals surface area contributed by atoms with E-state index in [1.807, 2.05) is 18.2 Å². The monoisotopic (exact) mass is 455 g/mol. The zero-order valence-electron chi connectivity index (χ0n) is 18.2. The SMILES string of the molecule is O[C@H](CNCCc1ccc2c(c1)OCCO2)COC(c1ccc(F)cc1)c1ccc(F)cc1. The van der Waals surface area contributed by atoms with E-state index in [0.717, 1.165) is 34.6 Å². The average molecular weight is 456 g/mol. The van der Waals surface area contributed by atoms with Gasteiger partial charge >= 0.3 is 0 Å². The smallest absolute Gasteiger partial charge is 0.161 e. The minimum atomic E-state index is -0.742. The number of aliphatic hydroxyl groups excluding tert-OH is 1. The lowest BCUT2D eigenvalue weighted by molar-refractivity contribution is 0.00666. The van der Waals surface area contributed by atoms with Crippen LogP contribution in [-0.2, 0) is 11.2 Å². The molecule has 0 amide bonds. The molecule has 2 N–H and O–H groups in total. The molecule has 0 aliphatic carbocycles. The summed E-state index contributed by atoms with van der Waals surface area (Å²) in [6, 6.07) is 17.8. The minimum Gasteiger partial charge on any atom is -0.486 e. The van der Waals surface area contributed by atoms with Crippen LogP contribution in [0.1, 0.15) is 22.8 Å². The van der Waals surface area contributed by atoms with Crippen LogP contribution in [0.4, 0.5) is 8.78 Å². The highest BCUT2D eigenvalue weighted by Gasteiger charge is 2.17. The standard InChI is InChI=1S/C26H27F2NO4/c27-21-6-2-19(3-7-21)26(20-4-8-22(28)9-5-20)33-17-23(30)16-29-12-11-18-1-10-24-25(15-18)32-14-13-31-24/h1-10,15,23,26,29-30H,11-14,16-17H2/t23-/m1/s1. The van der Waals surface area contributed by atoms with Crippen LogP contribution in [0, 0.1) is 11.6 Å². The first-order valence-corrected chi connectivity index (χ1v) is 11.0. The largest absolute Gasteiger partial charge is 0.486 e. The van der Waals surface area contributed by atoms with Crippen molar-refractivity contribution in [1.29, 1.82) is 0 Å². The number of benzene rings is 3. The van der Waals surface area contributed by atoms with Crippen molar-refractivity contribution in [3.63, 3.8) is 0 Å². The van der Waals surface area contributed by atoms with Crippen LogP contribution in [0.2, 0.25) is 0 Å². The lowest BCUT2D eigenvalue weighted by atomic mass is 10.0. The Balaban J connectivity index is 1.27. The average Bonchev–Trinajstić information content (AvgIpc) is 2.84. The molecule has 0 unspecified atom stereocenters. The molecule has 0 bridgehead atoms. The Morgan fingerprint density at radius 2 is 1.45 bits per heavy atom. The number of nitrogens with one attached hydrogen (secondary N) is 1. The van der Waals surface area contributed by atoms with Crippen molar-refractivity contribution in [1.82, 2.24) is 5.32 Å². The van der Waals surface area contributed by atoms with Crippen LogP contribution in [0.5, 0.6) is 11.5 Å². The zero-order chi connectivity index (χ0) is 23.0. The first-order chi connectivity index (χ1) is 16.1. The number of aliphatic hydroxyl groups is 1. The Kier molecular flexibility index (Phi) is 7.88. The molecule has 1 aliphatic heterocycles. The molecule has 3 aromatic carbocycles. The Morgan fingerprint density at radius 1 is 0.848 bits per heavy atom. The van der Waals surface area contributed by atoms with E-state index in [4.69, 9.17) is 14.2 Å². The van der Waals surface area contributed by atoms with Crippen molar-refractivity contribution in [3.05, 3.63) is 95.1 Å². The van der Waals surface area contributed by atoms with Gasteiger partial charge in [-0.1, -0.05) is 30.3 Å². The zero-order valence-corrected chi connectivity index (χ0v) is 18.2. The van der Waals surface area contributed by atoms with Gasteiger partial charge in [0.05, 0.1) is 12.7 Å². The Labute approximate surface area is 191 Å². The van der Waals surface area contributed by atoms with Crippen LogP contribution in [0.3, 0.4) is 0 Å². The molecule has 1 atom stereocenters. The number of ether oxygens (including phenoxy) is 3. The van der Waals surface area contributed by atoms with Gasteiger partial charge in [0.2, 0.25) is 0 Å². The molecule has 1 heterocycles. The van der Waals surface area contributed by atoms with Crippen LogP contribution in [0.25, 0.3) is 0 Å². The van der Waals surface area contributed by atoms with E-state index in [2.05, 4.69) is 5.32 Å². The van der Waals surface area contributed by atoms with Gasteiger partial charge in [0.1, 0.15) is 31.0 Å². The number of fused-ring (bicyclic) bond motifs is 1. The maximum absolute atomic E-state index is 13.3. The topological polar surface area (TPSA) is 60.0 Å². The summed E-state index contributed by atoms with van der Waals surface area (Å²) < 4.78 is 43.8. The van der Waals surface area contributed by atoms with E-state index in [-0.39, 0.29) is 18.2 Å². The number of hydrogen-bond donors (Lipinski definition) is 2. The molecule has 0 spiro atoms. The molecule has 5 nitrogen and oxygen atoms in total. The van der Waals surface area contributed by atoms with Crippen molar-refractivity contribution in [2.24, 2.45) is 0 Å². The van der Waals surface area contributed by atoms with Crippen molar-refractivity contribution in [2.45, 2.75) is 18.6 Å².